The number of nitrogens with one attached hydrogen (secondary N) is 1. The number of non-ortho nitro benzene ring substituents is 1. The van der Waals surface area contributed by atoms with Crippen molar-refractivity contribution in [3.8, 4) is 0 Å². The summed E-state index contributed by atoms with van der Waals surface area (Å²) < 4.78 is 24.4. The molecule has 20 heavy (non-hydrogen) atoms. The van der Waals surface area contributed by atoms with Gasteiger partial charge in [-0.3, -0.25) is 10.1 Å². The van der Waals surface area contributed by atoms with Gasteiger partial charge in [-0.25, -0.2) is 4.39 Å². The summed E-state index contributed by atoms with van der Waals surface area (Å²) in [5.41, 5.74) is -0.0287. The van der Waals surface area contributed by atoms with Gasteiger partial charge in [-0.05, 0) is 18.9 Å². The summed E-state index contributed by atoms with van der Waals surface area (Å²) >= 11 is 0. The van der Waals surface area contributed by atoms with Gasteiger partial charge in [0.25, 0.3) is 5.69 Å². The van der Waals surface area contributed by atoms with Crippen molar-refractivity contribution in [2.75, 3.05) is 31.7 Å². The van der Waals surface area contributed by atoms with E-state index in [0.29, 0.717) is 19.8 Å². The molecule has 0 aliphatic carbocycles. The minimum atomic E-state index is -0.640. The van der Waals surface area contributed by atoms with Gasteiger partial charge in [-0.15, -0.1) is 0 Å². The van der Waals surface area contributed by atoms with Gasteiger partial charge in [-0.1, -0.05) is 0 Å². The van der Waals surface area contributed by atoms with Crippen LogP contribution in [0.1, 0.15) is 12.8 Å². The van der Waals surface area contributed by atoms with E-state index in [1.807, 2.05) is 0 Å². The number of nitrogens with zero attached hydrogens (tertiary/aromatic N) is 1. The third-order valence-electron chi connectivity index (χ3n) is 3.05. The molecule has 1 unspecified atom stereocenters. The van der Waals surface area contributed by atoms with Crippen molar-refractivity contribution in [3.05, 3.63) is 34.1 Å². The van der Waals surface area contributed by atoms with Gasteiger partial charge in [0.1, 0.15) is 0 Å². The molecule has 0 amide bonds. The normalized spacial score (nSPS) is 18.1. The Bertz CT molecular complexity index is 464. The molecule has 1 aromatic rings. The van der Waals surface area contributed by atoms with Crippen LogP contribution in [0.4, 0.5) is 15.8 Å². The number of hydrogen-bond donors (Lipinski definition) is 1. The maximum Gasteiger partial charge on any atom is 0.272 e. The van der Waals surface area contributed by atoms with Crippen molar-refractivity contribution in [2.24, 2.45) is 0 Å². The van der Waals surface area contributed by atoms with Gasteiger partial charge < -0.3 is 14.8 Å². The number of nitro groups is 1. The molecule has 0 spiro atoms. The zero-order valence-electron chi connectivity index (χ0n) is 11.0. The summed E-state index contributed by atoms with van der Waals surface area (Å²) in [5.74, 6) is -0.640. The second kappa shape index (κ2) is 7.16. The zero-order valence-corrected chi connectivity index (χ0v) is 11.0. The Morgan fingerprint density at radius 3 is 3.05 bits per heavy atom. The first-order valence-electron chi connectivity index (χ1n) is 6.54. The van der Waals surface area contributed by atoms with E-state index in [-0.39, 0.29) is 17.5 Å². The third-order valence-corrected chi connectivity index (χ3v) is 3.05. The molecule has 1 aliphatic heterocycles. The highest BCUT2D eigenvalue weighted by molar-refractivity contribution is 5.50. The summed E-state index contributed by atoms with van der Waals surface area (Å²) in [6.45, 7) is 2.20. The Morgan fingerprint density at radius 1 is 1.55 bits per heavy atom. The number of hydrogen-bond acceptors (Lipinski definition) is 5. The van der Waals surface area contributed by atoms with E-state index in [1.165, 1.54) is 12.1 Å². The number of benzene rings is 1. The standard InChI is InChI=1S/C13H17FN2O4/c14-12-8-10(16(17)18)3-4-13(12)15-5-7-19-9-11-2-1-6-20-11/h3-4,8,11,15H,1-2,5-7,9H2. The van der Waals surface area contributed by atoms with E-state index in [9.17, 15) is 14.5 Å². The van der Waals surface area contributed by atoms with Gasteiger partial charge in [0.15, 0.2) is 5.82 Å². The lowest BCUT2D eigenvalue weighted by atomic mass is 10.2. The molecule has 0 radical (unpaired) electrons. The van der Waals surface area contributed by atoms with E-state index in [2.05, 4.69) is 5.32 Å². The topological polar surface area (TPSA) is 73.6 Å². The minimum absolute atomic E-state index is 0.172. The van der Waals surface area contributed by atoms with Crippen molar-refractivity contribution >= 4 is 11.4 Å². The fourth-order valence-electron chi connectivity index (χ4n) is 2.01. The van der Waals surface area contributed by atoms with Crippen LogP contribution in [-0.2, 0) is 9.47 Å². The first-order valence-corrected chi connectivity index (χ1v) is 6.54. The van der Waals surface area contributed by atoms with Crippen LogP contribution in [0.3, 0.4) is 0 Å². The molecule has 7 heteroatoms. The lowest BCUT2D eigenvalue weighted by Gasteiger charge is -2.11. The molecule has 0 bridgehead atoms. The van der Waals surface area contributed by atoms with E-state index < -0.39 is 10.7 Å². The van der Waals surface area contributed by atoms with Crippen LogP contribution in [0.25, 0.3) is 0 Å². The highest BCUT2D eigenvalue weighted by atomic mass is 19.1. The van der Waals surface area contributed by atoms with Crippen molar-refractivity contribution in [1.29, 1.82) is 0 Å². The highest BCUT2D eigenvalue weighted by Crippen LogP contribution is 2.20. The maximum atomic E-state index is 13.5. The molecule has 2 rings (SSSR count). The monoisotopic (exact) mass is 284 g/mol. The predicted molar refractivity (Wildman–Crippen MR) is 71.3 cm³/mol. The summed E-state index contributed by atoms with van der Waals surface area (Å²) in [4.78, 5) is 9.85. The highest BCUT2D eigenvalue weighted by Gasteiger charge is 2.15. The lowest BCUT2D eigenvalue weighted by molar-refractivity contribution is -0.385. The fraction of sp³-hybridized carbons (Fsp3) is 0.538. The smallest absolute Gasteiger partial charge is 0.272 e. The van der Waals surface area contributed by atoms with Crippen LogP contribution in [0.15, 0.2) is 18.2 Å². The van der Waals surface area contributed by atoms with Gasteiger partial charge >= 0.3 is 0 Å². The average molecular weight is 284 g/mol. The third kappa shape index (κ3) is 4.14. The van der Waals surface area contributed by atoms with Crippen molar-refractivity contribution in [1.82, 2.24) is 0 Å². The molecule has 1 aromatic carbocycles. The predicted octanol–water partition coefficient (Wildman–Crippen LogP) is 2.34. The van der Waals surface area contributed by atoms with E-state index in [1.54, 1.807) is 0 Å². The molecular weight excluding hydrogens is 267 g/mol. The number of nitro benzene ring substituents is 1. The van der Waals surface area contributed by atoms with Crippen LogP contribution >= 0.6 is 0 Å². The van der Waals surface area contributed by atoms with Gasteiger partial charge in [0.05, 0.1) is 36.0 Å². The Hall–Kier alpha value is -1.73. The summed E-state index contributed by atoms with van der Waals surface area (Å²) in [5, 5.41) is 13.3. The van der Waals surface area contributed by atoms with Crippen molar-refractivity contribution < 1.29 is 18.8 Å². The van der Waals surface area contributed by atoms with Crippen molar-refractivity contribution in [2.45, 2.75) is 18.9 Å². The zero-order chi connectivity index (χ0) is 14.4. The first-order chi connectivity index (χ1) is 9.66. The van der Waals surface area contributed by atoms with Crippen LogP contribution in [-0.4, -0.2) is 37.4 Å². The van der Waals surface area contributed by atoms with Crippen LogP contribution < -0.4 is 5.32 Å². The molecule has 1 N–H and O–H groups in total. The Morgan fingerprint density at radius 2 is 2.40 bits per heavy atom. The van der Waals surface area contributed by atoms with E-state index in [4.69, 9.17) is 9.47 Å². The minimum Gasteiger partial charge on any atom is -0.380 e. The summed E-state index contributed by atoms with van der Waals surface area (Å²) in [6, 6.07) is 3.52. The number of anilines is 1. The van der Waals surface area contributed by atoms with E-state index >= 15 is 0 Å². The van der Waals surface area contributed by atoms with E-state index in [0.717, 1.165) is 25.5 Å². The van der Waals surface area contributed by atoms with Crippen LogP contribution in [0.5, 0.6) is 0 Å². The Balaban J connectivity index is 1.69. The molecule has 1 atom stereocenters. The molecule has 0 aromatic heterocycles. The molecule has 1 fully saturated rings. The van der Waals surface area contributed by atoms with Crippen LogP contribution in [0.2, 0.25) is 0 Å². The maximum absolute atomic E-state index is 13.5. The van der Waals surface area contributed by atoms with Gasteiger partial charge in [0, 0.05) is 19.2 Å². The van der Waals surface area contributed by atoms with Gasteiger partial charge in [0.2, 0.25) is 0 Å². The molecule has 0 saturated carbocycles. The Kier molecular flexibility index (Phi) is 5.25. The molecule has 6 nitrogen and oxygen atoms in total. The summed E-state index contributed by atoms with van der Waals surface area (Å²) in [6.07, 6.45) is 2.26. The fourth-order valence-corrected chi connectivity index (χ4v) is 2.01. The lowest BCUT2D eigenvalue weighted by Crippen LogP contribution is -2.18. The summed E-state index contributed by atoms with van der Waals surface area (Å²) in [7, 11) is 0. The number of halogens is 1. The largest absolute Gasteiger partial charge is 0.380 e. The molecule has 110 valence electrons. The quantitative estimate of drug-likeness (QED) is 0.472. The van der Waals surface area contributed by atoms with Gasteiger partial charge in [-0.2, -0.15) is 0 Å². The van der Waals surface area contributed by atoms with Crippen LogP contribution in [0, 0.1) is 15.9 Å². The number of ether oxygens (including phenoxy) is 2. The molecule has 1 aliphatic rings. The Labute approximate surface area is 116 Å². The average Bonchev–Trinajstić information content (AvgIpc) is 2.93. The second-order valence-electron chi connectivity index (χ2n) is 4.56. The first kappa shape index (κ1) is 14.7. The second-order valence-corrected chi connectivity index (χ2v) is 4.56. The number of rotatable bonds is 7. The van der Waals surface area contributed by atoms with Crippen molar-refractivity contribution in [3.63, 3.8) is 0 Å². The molecular formula is C13H17FN2O4. The molecule has 1 saturated heterocycles. The SMILES string of the molecule is O=[N+]([O-])c1ccc(NCCOCC2CCCO2)c(F)c1. The molecule has 1 heterocycles.